The van der Waals surface area contributed by atoms with Crippen molar-refractivity contribution in [3.8, 4) is 44.5 Å². The summed E-state index contributed by atoms with van der Waals surface area (Å²) in [7, 11) is 0. The summed E-state index contributed by atoms with van der Waals surface area (Å²) in [4.78, 5) is 0. The SMILES string of the molecule is CC1(C)c2ccccc2-c2ccc(-c3c4ccccc4c(-c4ccc5c(c4)-c4cc6c(ccc7c8ccccc8oc67)cc4C5(C)C)c4ccccc34)cc21. The molecule has 2 aliphatic carbocycles. The fraction of sp³-hybridized carbons (Fsp3) is 0.111. The second-order valence-corrected chi connectivity index (χ2v) is 16.8. The Bertz CT molecular complexity index is 3260. The van der Waals surface area contributed by atoms with Crippen LogP contribution in [0.25, 0.3) is 98.8 Å². The van der Waals surface area contributed by atoms with Crippen LogP contribution in [0.5, 0.6) is 0 Å². The number of para-hydroxylation sites is 1. The van der Waals surface area contributed by atoms with Crippen molar-refractivity contribution in [1.82, 2.24) is 0 Å². The molecule has 1 aromatic heterocycles. The summed E-state index contributed by atoms with van der Waals surface area (Å²) in [5.41, 5.74) is 17.7. The fourth-order valence-electron chi connectivity index (χ4n) is 10.5. The minimum Gasteiger partial charge on any atom is -0.455 e. The highest BCUT2D eigenvalue weighted by Crippen LogP contribution is 2.54. The van der Waals surface area contributed by atoms with Gasteiger partial charge in [-0.05, 0) is 130 Å². The van der Waals surface area contributed by atoms with E-state index in [-0.39, 0.29) is 10.8 Å². The van der Waals surface area contributed by atoms with Crippen molar-refractivity contribution in [3.63, 3.8) is 0 Å². The molecule has 55 heavy (non-hydrogen) atoms. The molecule has 0 aliphatic heterocycles. The van der Waals surface area contributed by atoms with Crippen molar-refractivity contribution in [2.45, 2.75) is 38.5 Å². The maximum absolute atomic E-state index is 6.55. The monoisotopic (exact) mass is 702 g/mol. The topological polar surface area (TPSA) is 13.1 Å². The van der Waals surface area contributed by atoms with E-state index in [1.54, 1.807) is 0 Å². The van der Waals surface area contributed by atoms with Crippen LogP contribution in [-0.2, 0) is 10.8 Å². The maximum atomic E-state index is 6.55. The summed E-state index contributed by atoms with van der Waals surface area (Å²) in [6.07, 6.45) is 0. The Morgan fingerprint density at radius 3 is 1.58 bits per heavy atom. The van der Waals surface area contributed by atoms with Crippen LogP contribution in [-0.4, -0.2) is 0 Å². The Hall–Kier alpha value is -6.44. The molecule has 260 valence electrons. The van der Waals surface area contributed by atoms with Gasteiger partial charge in [-0.2, -0.15) is 0 Å². The highest BCUT2D eigenvalue weighted by atomic mass is 16.3. The van der Waals surface area contributed by atoms with Crippen molar-refractivity contribution in [3.05, 3.63) is 180 Å². The molecule has 0 bridgehead atoms. The van der Waals surface area contributed by atoms with Gasteiger partial charge in [0.2, 0.25) is 0 Å². The first-order chi connectivity index (χ1) is 26.8. The largest absolute Gasteiger partial charge is 0.455 e. The lowest BCUT2D eigenvalue weighted by molar-refractivity contribution is 0.660. The molecule has 2 aliphatic rings. The molecular weight excluding hydrogens is 665 g/mol. The molecule has 0 saturated carbocycles. The predicted molar refractivity (Wildman–Crippen MR) is 232 cm³/mol. The van der Waals surface area contributed by atoms with E-state index in [4.69, 9.17) is 4.42 Å². The minimum atomic E-state index is -0.130. The summed E-state index contributed by atoms with van der Waals surface area (Å²) in [5.74, 6) is 0. The Morgan fingerprint density at radius 2 is 0.873 bits per heavy atom. The lowest BCUT2D eigenvalue weighted by Crippen LogP contribution is -2.14. The molecule has 10 aromatic rings. The molecule has 0 fully saturated rings. The lowest BCUT2D eigenvalue weighted by Gasteiger charge is -2.23. The zero-order valence-electron chi connectivity index (χ0n) is 31.4. The van der Waals surface area contributed by atoms with E-state index >= 15 is 0 Å². The molecule has 0 unspecified atom stereocenters. The van der Waals surface area contributed by atoms with Crippen LogP contribution in [0.1, 0.15) is 49.9 Å². The zero-order chi connectivity index (χ0) is 36.8. The molecule has 1 heteroatoms. The van der Waals surface area contributed by atoms with Gasteiger partial charge in [0, 0.05) is 27.0 Å². The number of furan rings is 1. The van der Waals surface area contributed by atoms with Gasteiger partial charge in [-0.15, -0.1) is 0 Å². The van der Waals surface area contributed by atoms with Crippen molar-refractivity contribution >= 4 is 54.3 Å². The first-order valence-electron chi connectivity index (χ1n) is 19.5. The van der Waals surface area contributed by atoms with E-state index in [1.165, 1.54) is 110 Å². The Balaban J connectivity index is 1.09. The van der Waals surface area contributed by atoms with Crippen LogP contribution >= 0.6 is 0 Å². The highest BCUT2D eigenvalue weighted by Gasteiger charge is 2.37. The van der Waals surface area contributed by atoms with Crippen LogP contribution in [0.15, 0.2) is 162 Å². The van der Waals surface area contributed by atoms with E-state index in [1.807, 2.05) is 0 Å². The van der Waals surface area contributed by atoms with E-state index in [0.717, 1.165) is 11.2 Å². The van der Waals surface area contributed by atoms with Crippen molar-refractivity contribution in [2.24, 2.45) is 0 Å². The third-order valence-corrected chi connectivity index (χ3v) is 13.2. The number of hydrogen-bond acceptors (Lipinski definition) is 1. The lowest BCUT2D eigenvalue weighted by atomic mass is 9.80. The smallest absolute Gasteiger partial charge is 0.143 e. The van der Waals surface area contributed by atoms with Gasteiger partial charge in [0.1, 0.15) is 11.2 Å². The van der Waals surface area contributed by atoms with E-state index < -0.39 is 0 Å². The summed E-state index contributed by atoms with van der Waals surface area (Å²) in [5, 5.41) is 9.84. The van der Waals surface area contributed by atoms with E-state index in [2.05, 4.69) is 185 Å². The van der Waals surface area contributed by atoms with Crippen molar-refractivity contribution in [2.75, 3.05) is 0 Å². The number of benzene rings is 9. The highest BCUT2D eigenvalue weighted by molar-refractivity contribution is 6.22. The van der Waals surface area contributed by atoms with Gasteiger partial charge in [-0.1, -0.05) is 149 Å². The van der Waals surface area contributed by atoms with Gasteiger partial charge in [0.15, 0.2) is 0 Å². The number of fused-ring (bicyclic) bond motifs is 13. The Kier molecular flexibility index (Phi) is 5.98. The summed E-state index contributed by atoms with van der Waals surface area (Å²) in [6, 6.07) is 59.1. The molecule has 0 radical (unpaired) electrons. The van der Waals surface area contributed by atoms with Crippen LogP contribution in [0.2, 0.25) is 0 Å². The van der Waals surface area contributed by atoms with Gasteiger partial charge in [0.05, 0.1) is 0 Å². The second kappa shape index (κ2) is 10.6. The van der Waals surface area contributed by atoms with Gasteiger partial charge < -0.3 is 4.42 Å². The number of rotatable bonds is 2. The van der Waals surface area contributed by atoms with Gasteiger partial charge in [-0.25, -0.2) is 0 Å². The second-order valence-electron chi connectivity index (χ2n) is 16.8. The maximum Gasteiger partial charge on any atom is 0.143 e. The van der Waals surface area contributed by atoms with E-state index in [0.29, 0.717) is 0 Å². The summed E-state index contributed by atoms with van der Waals surface area (Å²) < 4.78 is 6.55. The summed E-state index contributed by atoms with van der Waals surface area (Å²) in [6.45, 7) is 9.49. The third kappa shape index (κ3) is 4.03. The first-order valence-corrected chi connectivity index (χ1v) is 19.5. The molecule has 12 rings (SSSR count). The van der Waals surface area contributed by atoms with Crippen LogP contribution in [0, 0.1) is 0 Å². The molecule has 0 N–H and O–H groups in total. The average molecular weight is 703 g/mol. The van der Waals surface area contributed by atoms with Crippen LogP contribution in [0.4, 0.5) is 0 Å². The van der Waals surface area contributed by atoms with Gasteiger partial charge >= 0.3 is 0 Å². The molecule has 0 amide bonds. The predicted octanol–water partition coefficient (Wildman–Crippen LogP) is 15.0. The summed E-state index contributed by atoms with van der Waals surface area (Å²) >= 11 is 0. The molecule has 0 atom stereocenters. The molecule has 0 spiro atoms. The molecule has 9 aromatic carbocycles. The van der Waals surface area contributed by atoms with Crippen LogP contribution in [0.3, 0.4) is 0 Å². The van der Waals surface area contributed by atoms with Crippen molar-refractivity contribution in [1.29, 1.82) is 0 Å². The van der Waals surface area contributed by atoms with E-state index in [9.17, 15) is 0 Å². The molecular formula is C54H38O. The standard InChI is InChI=1S/C54H38O/c1-53(2)45-19-11-9-13-34(45)35-24-22-33(29-47(35)53)51-39-17-7-5-15-37(39)50(38-16-6-8-18-40(38)51)32-23-26-46-43(27-32)44-30-42-31(28-48(44)54(46,3)4)21-25-41-36-14-10-12-20-49(36)55-52(41)42/h5-30H,1-4H3. The zero-order valence-corrected chi connectivity index (χ0v) is 31.4. The van der Waals surface area contributed by atoms with Gasteiger partial charge in [0.25, 0.3) is 0 Å². The Labute approximate surface area is 320 Å². The molecule has 1 heterocycles. The number of hydrogen-bond donors (Lipinski definition) is 0. The van der Waals surface area contributed by atoms with Gasteiger partial charge in [-0.3, -0.25) is 0 Å². The van der Waals surface area contributed by atoms with Crippen molar-refractivity contribution < 1.29 is 4.42 Å². The average Bonchev–Trinajstić information content (AvgIpc) is 3.78. The first kappa shape index (κ1) is 31.0. The molecule has 1 nitrogen and oxygen atoms in total. The fourth-order valence-corrected chi connectivity index (χ4v) is 10.5. The van der Waals surface area contributed by atoms with Crippen LogP contribution < -0.4 is 0 Å². The quantitative estimate of drug-likeness (QED) is 0.163. The minimum absolute atomic E-state index is 0.0660. The normalized spacial score (nSPS) is 14.8. The molecule has 0 saturated heterocycles. The Morgan fingerprint density at radius 1 is 0.345 bits per heavy atom. The third-order valence-electron chi connectivity index (χ3n) is 13.2.